The minimum atomic E-state index is -0.863. The van der Waals surface area contributed by atoms with E-state index in [-0.39, 0.29) is 54.9 Å². The summed E-state index contributed by atoms with van der Waals surface area (Å²) in [6, 6.07) is 17.2. The summed E-state index contributed by atoms with van der Waals surface area (Å²) < 4.78 is 13.5. The molecule has 5 N–H and O–H groups in total. The van der Waals surface area contributed by atoms with E-state index in [1.54, 1.807) is 59.5 Å². The molecule has 1 aliphatic heterocycles. The predicted octanol–water partition coefficient (Wildman–Crippen LogP) is 5.69. The maximum atomic E-state index is 14.4. The van der Waals surface area contributed by atoms with Crippen molar-refractivity contribution in [3.63, 3.8) is 0 Å². The summed E-state index contributed by atoms with van der Waals surface area (Å²) in [7, 11) is 0. The molecule has 15 nitrogen and oxygen atoms in total. The van der Waals surface area contributed by atoms with Crippen LogP contribution in [0.3, 0.4) is 0 Å². The maximum absolute atomic E-state index is 14.4. The number of benzene rings is 2. The number of phenolic OH excluding ortho intramolecular Hbond substituents is 1. The predicted molar refractivity (Wildman–Crippen MR) is 218 cm³/mol. The highest BCUT2D eigenvalue weighted by Crippen LogP contribution is 2.34. The van der Waals surface area contributed by atoms with E-state index in [4.69, 9.17) is 15.0 Å². The normalized spacial score (nSPS) is 16.9. The summed E-state index contributed by atoms with van der Waals surface area (Å²) in [6.45, 7) is 8.76. The zero-order chi connectivity index (χ0) is 40.9. The van der Waals surface area contributed by atoms with Crippen LogP contribution in [0.5, 0.6) is 5.75 Å². The molecule has 0 saturated carbocycles. The van der Waals surface area contributed by atoms with Gasteiger partial charge in [0.05, 0.1) is 52.4 Å². The highest BCUT2D eigenvalue weighted by atomic mass is 32.1. The van der Waals surface area contributed by atoms with E-state index in [1.807, 2.05) is 62.8 Å². The molecule has 1 saturated heterocycles. The second kappa shape index (κ2) is 17.7. The number of aromatic hydroxyl groups is 1. The van der Waals surface area contributed by atoms with E-state index in [0.29, 0.717) is 47.8 Å². The number of aliphatic hydroxyl groups excluding tert-OH is 1. The Morgan fingerprint density at radius 3 is 2.59 bits per heavy atom. The fraction of sp³-hybridized carbons (Fsp3) is 0.357. The van der Waals surface area contributed by atoms with Crippen molar-refractivity contribution in [1.29, 1.82) is 0 Å². The van der Waals surface area contributed by atoms with Crippen LogP contribution in [0.1, 0.15) is 61.4 Å². The molecule has 58 heavy (non-hydrogen) atoms. The van der Waals surface area contributed by atoms with Gasteiger partial charge in [-0.2, -0.15) is 5.10 Å². The molecule has 2 aromatic carbocycles. The van der Waals surface area contributed by atoms with Gasteiger partial charge in [-0.15, -0.1) is 21.5 Å². The maximum Gasteiger partial charge on any atom is 0.243 e. The number of nitrogens with one attached hydrogen (secondary N) is 1. The Morgan fingerprint density at radius 1 is 1.07 bits per heavy atom. The average molecular weight is 806 g/mol. The summed E-state index contributed by atoms with van der Waals surface area (Å²) in [5, 5.41) is 40.9. The third-order valence-corrected chi connectivity index (χ3v) is 11.4. The fourth-order valence-electron chi connectivity index (χ4n) is 7.33. The van der Waals surface area contributed by atoms with Crippen molar-refractivity contribution in [1.82, 2.24) is 40.3 Å². The Hall–Kier alpha value is -5.97. The molecule has 0 radical (unpaired) electrons. The third-order valence-electron chi connectivity index (χ3n) is 10.4. The summed E-state index contributed by atoms with van der Waals surface area (Å²) in [6.07, 6.45) is 3.47. The van der Waals surface area contributed by atoms with Crippen molar-refractivity contribution >= 4 is 29.0 Å². The SMILES string of the molecule is Cc1cc([C@@H](C(=O)N2C[C@H](O)C[C@H]2C(=O)N[C@@H](C)c2ccc(-c3scnc3C)cc2)[C@H](C)COCCCn2cc(-c3cc(-c4ccccc4O)nnc3N)cn2)on1. The zero-order valence-corrected chi connectivity index (χ0v) is 33.6. The Labute approximate surface area is 339 Å². The number of aliphatic hydroxyl groups is 1. The molecule has 1 aliphatic rings. The molecular weight excluding hydrogens is 759 g/mol. The molecule has 0 bridgehead atoms. The number of nitrogens with zero attached hydrogens (tertiary/aromatic N) is 7. The summed E-state index contributed by atoms with van der Waals surface area (Å²) in [5.41, 5.74) is 14.0. The van der Waals surface area contributed by atoms with E-state index >= 15 is 0 Å². The molecule has 2 amide bonds. The number of phenols is 1. The van der Waals surface area contributed by atoms with Crippen molar-refractivity contribution in [3.05, 3.63) is 101 Å². The first-order valence-corrected chi connectivity index (χ1v) is 20.1. The number of rotatable bonds is 15. The lowest BCUT2D eigenvalue weighted by Gasteiger charge is -2.30. The molecule has 302 valence electrons. The number of carbonyl (C=O) groups is 2. The number of hydrogen-bond acceptors (Lipinski definition) is 13. The summed E-state index contributed by atoms with van der Waals surface area (Å²) >= 11 is 1.58. The molecule has 4 aromatic heterocycles. The highest BCUT2D eigenvalue weighted by molar-refractivity contribution is 7.13. The molecule has 7 rings (SSSR count). The number of nitrogens with two attached hydrogens (primary N) is 1. The number of hydrogen-bond donors (Lipinski definition) is 4. The molecule has 1 fully saturated rings. The topological polar surface area (TPSA) is 208 Å². The molecular formula is C42H47N9O6S. The lowest BCUT2D eigenvalue weighted by Crippen LogP contribution is -2.48. The Morgan fingerprint density at radius 2 is 1.86 bits per heavy atom. The van der Waals surface area contributed by atoms with Crippen LogP contribution in [0.4, 0.5) is 5.82 Å². The number of anilines is 1. The van der Waals surface area contributed by atoms with E-state index in [1.165, 1.54) is 4.90 Å². The number of β-amino-alcohol motifs (C(OH)–C–C–N with tert-alkyl or cyclic N) is 1. The van der Waals surface area contributed by atoms with Crippen LogP contribution in [0.25, 0.3) is 32.8 Å². The second-order valence-corrected chi connectivity index (χ2v) is 15.7. The number of nitrogen functional groups attached to an aromatic ring is 1. The summed E-state index contributed by atoms with van der Waals surface area (Å²) in [5.74, 6) is -1.09. The lowest BCUT2D eigenvalue weighted by atomic mass is 9.90. The van der Waals surface area contributed by atoms with E-state index in [0.717, 1.165) is 27.3 Å². The lowest BCUT2D eigenvalue weighted by molar-refractivity contribution is -0.141. The van der Waals surface area contributed by atoms with Gasteiger partial charge in [0.25, 0.3) is 0 Å². The zero-order valence-electron chi connectivity index (χ0n) is 32.8. The number of carbonyl (C=O) groups excluding carboxylic acids is 2. The molecule has 5 atom stereocenters. The van der Waals surface area contributed by atoms with Crippen molar-refractivity contribution in [3.8, 4) is 38.6 Å². The van der Waals surface area contributed by atoms with E-state index < -0.39 is 18.1 Å². The van der Waals surface area contributed by atoms with Gasteiger partial charge in [0.15, 0.2) is 5.82 Å². The Bertz CT molecular complexity index is 2360. The van der Waals surface area contributed by atoms with Crippen LogP contribution in [0.15, 0.2) is 83.1 Å². The molecule has 6 aromatic rings. The van der Waals surface area contributed by atoms with Crippen molar-refractivity contribution in [2.75, 3.05) is 25.5 Å². The van der Waals surface area contributed by atoms with Crippen molar-refractivity contribution < 1.29 is 29.1 Å². The van der Waals surface area contributed by atoms with Gasteiger partial charge in [0.2, 0.25) is 11.8 Å². The van der Waals surface area contributed by atoms with Crippen LogP contribution in [0, 0.1) is 19.8 Å². The Kier molecular flexibility index (Phi) is 12.3. The largest absolute Gasteiger partial charge is 0.507 e. The van der Waals surface area contributed by atoms with Crippen LogP contribution in [0.2, 0.25) is 0 Å². The highest BCUT2D eigenvalue weighted by Gasteiger charge is 2.44. The van der Waals surface area contributed by atoms with Gasteiger partial charge in [0, 0.05) is 55.1 Å². The first-order valence-electron chi connectivity index (χ1n) is 19.2. The van der Waals surface area contributed by atoms with Crippen molar-refractivity contribution in [2.24, 2.45) is 5.92 Å². The van der Waals surface area contributed by atoms with Gasteiger partial charge in [-0.1, -0.05) is 48.5 Å². The quantitative estimate of drug-likeness (QED) is 0.0924. The smallest absolute Gasteiger partial charge is 0.243 e. The first-order chi connectivity index (χ1) is 28.0. The number of amides is 2. The number of para-hydroxylation sites is 1. The standard InChI is InChI=1S/C42H47N9O6S/c1-24(22-56-15-7-14-50-20-30(19-45-50)33-18-34(47-48-40(33)43)32-8-5-6-9-36(32)53)38(37-16-25(2)49-57-37)42(55)51-21-31(52)17-35(51)41(54)46-26(3)28-10-12-29(13-11-28)39-27(4)44-23-58-39/h5-6,8-13,16,18-20,23-24,26,31,35,38,52-53H,7,14-15,17,21-22H2,1-4H3,(H2,43,48)(H,46,54)/t24-,26+,31-,35+,38+/m1/s1. The molecule has 5 heterocycles. The summed E-state index contributed by atoms with van der Waals surface area (Å²) in [4.78, 5) is 35.0. The number of aryl methyl sites for hydroxylation is 3. The van der Waals surface area contributed by atoms with Gasteiger partial charge < -0.3 is 35.4 Å². The number of ether oxygens (including phenoxy) is 1. The number of aromatic nitrogens is 6. The first kappa shape index (κ1) is 40.2. The van der Waals surface area contributed by atoms with Crippen LogP contribution < -0.4 is 11.1 Å². The molecule has 16 heteroatoms. The molecule has 0 spiro atoms. The van der Waals surface area contributed by atoms with E-state index in [9.17, 15) is 19.8 Å². The fourth-order valence-corrected chi connectivity index (χ4v) is 8.14. The van der Waals surface area contributed by atoms with Gasteiger partial charge in [-0.3, -0.25) is 14.3 Å². The van der Waals surface area contributed by atoms with Gasteiger partial charge in [0.1, 0.15) is 23.5 Å². The minimum Gasteiger partial charge on any atom is -0.507 e. The van der Waals surface area contributed by atoms with Crippen LogP contribution in [-0.2, 0) is 20.9 Å². The van der Waals surface area contributed by atoms with Crippen LogP contribution >= 0.6 is 11.3 Å². The Balaban J connectivity index is 0.954. The monoisotopic (exact) mass is 805 g/mol. The number of likely N-dealkylation sites (tertiary alicyclic amines) is 1. The second-order valence-electron chi connectivity index (χ2n) is 14.8. The average Bonchev–Trinajstić information content (AvgIpc) is 4.04. The van der Waals surface area contributed by atoms with Crippen molar-refractivity contribution in [2.45, 2.75) is 71.2 Å². The van der Waals surface area contributed by atoms with Crippen LogP contribution in [-0.4, -0.2) is 89.0 Å². The number of thiazole rings is 1. The molecule has 0 aliphatic carbocycles. The van der Waals surface area contributed by atoms with E-state index in [2.05, 4.69) is 30.8 Å². The van der Waals surface area contributed by atoms with Gasteiger partial charge in [-0.25, -0.2) is 4.98 Å². The minimum absolute atomic E-state index is 0.0223. The van der Waals surface area contributed by atoms with Gasteiger partial charge >= 0.3 is 0 Å². The molecule has 0 unspecified atom stereocenters. The van der Waals surface area contributed by atoms with Gasteiger partial charge in [-0.05, 0) is 62.4 Å². The third kappa shape index (κ3) is 8.93.